The molecule has 6 nitrogen and oxygen atoms in total. The van der Waals surface area contributed by atoms with E-state index in [1.165, 1.54) is 11.5 Å². The molecule has 0 spiro atoms. The highest BCUT2D eigenvalue weighted by atomic mass is 79.9. The summed E-state index contributed by atoms with van der Waals surface area (Å²) in [7, 11) is 0. The van der Waals surface area contributed by atoms with Crippen LogP contribution in [0.3, 0.4) is 0 Å². The van der Waals surface area contributed by atoms with Gasteiger partial charge < -0.3 is 9.15 Å². The van der Waals surface area contributed by atoms with Crippen LogP contribution in [0.5, 0.6) is 5.75 Å². The summed E-state index contributed by atoms with van der Waals surface area (Å²) in [5.41, 5.74) is 2.32. The van der Waals surface area contributed by atoms with Crippen LogP contribution in [-0.4, -0.2) is 11.1 Å². The van der Waals surface area contributed by atoms with E-state index in [9.17, 15) is 9.59 Å². The van der Waals surface area contributed by atoms with Gasteiger partial charge in [-0.2, -0.15) is 0 Å². The Bertz CT molecular complexity index is 1010. The minimum Gasteiger partial charge on any atom is -0.488 e. The van der Waals surface area contributed by atoms with Gasteiger partial charge in [-0.3, -0.25) is 10.0 Å². The first-order valence-corrected chi connectivity index (χ1v) is 8.18. The number of amides is 1. The number of rotatable bonds is 4. The molecule has 2 aromatic carbocycles. The van der Waals surface area contributed by atoms with Gasteiger partial charge in [-0.1, -0.05) is 28.1 Å². The van der Waals surface area contributed by atoms with Gasteiger partial charge in [0.25, 0.3) is 5.91 Å². The molecular weight excluding hydrogens is 390 g/mol. The average Bonchev–Trinajstić information content (AvgIpc) is 2.60. The molecule has 0 saturated carbocycles. The van der Waals surface area contributed by atoms with Gasteiger partial charge in [-0.25, -0.2) is 10.3 Å². The third kappa shape index (κ3) is 3.57. The molecule has 0 saturated heterocycles. The van der Waals surface area contributed by atoms with Crippen LogP contribution >= 0.6 is 15.9 Å². The van der Waals surface area contributed by atoms with Crippen LogP contribution in [0.2, 0.25) is 0 Å². The number of hydrogen-bond acceptors (Lipinski definition) is 5. The Hall–Kier alpha value is -2.64. The van der Waals surface area contributed by atoms with Gasteiger partial charge in [0, 0.05) is 15.4 Å². The highest BCUT2D eigenvalue weighted by molar-refractivity contribution is 9.10. The summed E-state index contributed by atoms with van der Waals surface area (Å²) in [5, 5.41) is 9.24. The molecule has 0 atom stereocenters. The number of aryl methyl sites for hydroxylation is 1. The normalized spacial score (nSPS) is 10.7. The predicted molar refractivity (Wildman–Crippen MR) is 94.9 cm³/mol. The molecule has 2 N–H and O–H groups in total. The Balaban J connectivity index is 1.94. The number of halogens is 1. The Morgan fingerprint density at radius 2 is 2.08 bits per heavy atom. The molecule has 0 aliphatic rings. The summed E-state index contributed by atoms with van der Waals surface area (Å²) in [4.78, 5) is 23.4. The van der Waals surface area contributed by atoms with Crippen LogP contribution in [0.15, 0.2) is 56.1 Å². The van der Waals surface area contributed by atoms with E-state index >= 15 is 0 Å². The average molecular weight is 404 g/mol. The quantitative estimate of drug-likeness (QED) is 0.394. The number of ether oxygens (including phenoxy) is 1. The smallest absolute Gasteiger partial charge is 0.349 e. The molecular formula is C18H14BrNO5. The van der Waals surface area contributed by atoms with Crippen LogP contribution in [-0.2, 0) is 6.61 Å². The molecule has 1 heterocycles. The molecule has 0 aliphatic heterocycles. The van der Waals surface area contributed by atoms with E-state index in [1.807, 2.05) is 24.3 Å². The first-order valence-electron chi connectivity index (χ1n) is 7.38. The number of carbonyl (C=O) groups is 1. The van der Waals surface area contributed by atoms with E-state index in [-0.39, 0.29) is 5.56 Å². The van der Waals surface area contributed by atoms with Gasteiger partial charge in [0.2, 0.25) is 0 Å². The molecule has 0 aliphatic carbocycles. The number of nitrogens with one attached hydrogen (secondary N) is 1. The first-order chi connectivity index (χ1) is 12.0. The van der Waals surface area contributed by atoms with Crippen molar-refractivity contribution in [3.05, 3.63) is 74.0 Å². The highest BCUT2D eigenvalue weighted by Gasteiger charge is 2.15. The number of hydrogen-bond donors (Lipinski definition) is 2. The lowest BCUT2D eigenvalue weighted by molar-refractivity contribution is 0.0702. The van der Waals surface area contributed by atoms with Crippen LogP contribution in [0.25, 0.3) is 11.0 Å². The fourth-order valence-electron chi connectivity index (χ4n) is 2.47. The Kier molecular flexibility index (Phi) is 4.87. The third-order valence-corrected chi connectivity index (χ3v) is 4.22. The van der Waals surface area contributed by atoms with Gasteiger partial charge in [-0.05, 0) is 42.8 Å². The van der Waals surface area contributed by atoms with Gasteiger partial charge in [0.15, 0.2) is 0 Å². The van der Waals surface area contributed by atoms with Crippen molar-refractivity contribution in [1.29, 1.82) is 0 Å². The van der Waals surface area contributed by atoms with Crippen molar-refractivity contribution < 1.29 is 19.2 Å². The minimum atomic E-state index is -0.914. The summed E-state index contributed by atoms with van der Waals surface area (Å²) < 4.78 is 12.0. The Morgan fingerprint density at radius 1 is 1.28 bits per heavy atom. The van der Waals surface area contributed by atoms with Gasteiger partial charge in [0.05, 0.1) is 0 Å². The van der Waals surface area contributed by atoms with Crippen molar-refractivity contribution in [2.24, 2.45) is 0 Å². The van der Waals surface area contributed by atoms with Crippen molar-refractivity contribution >= 4 is 32.8 Å². The van der Waals surface area contributed by atoms with Crippen LogP contribution in [0, 0.1) is 6.92 Å². The van der Waals surface area contributed by atoms with E-state index in [2.05, 4.69) is 15.9 Å². The van der Waals surface area contributed by atoms with Gasteiger partial charge in [-0.15, -0.1) is 0 Å². The first kappa shape index (κ1) is 17.2. The van der Waals surface area contributed by atoms with E-state index in [4.69, 9.17) is 14.4 Å². The summed E-state index contributed by atoms with van der Waals surface area (Å²) in [6.45, 7) is 2.13. The second kappa shape index (κ2) is 7.08. The molecule has 3 aromatic rings. The molecule has 0 fully saturated rings. The lowest BCUT2D eigenvalue weighted by Crippen LogP contribution is -2.25. The molecule has 0 unspecified atom stereocenters. The number of carbonyl (C=O) groups excluding carboxylic acids is 1. The van der Waals surface area contributed by atoms with E-state index in [0.717, 1.165) is 10.0 Å². The zero-order chi connectivity index (χ0) is 18.0. The lowest BCUT2D eigenvalue weighted by Gasteiger charge is -2.11. The number of benzene rings is 2. The third-order valence-electron chi connectivity index (χ3n) is 3.73. The molecule has 1 amide bonds. The van der Waals surface area contributed by atoms with Crippen LogP contribution in [0.1, 0.15) is 21.5 Å². The predicted octanol–water partition coefficient (Wildman–Crippen LogP) is 3.56. The fourth-order valence-corrected chi connectivity index (χ4v) is 2.92. The van der Waals surface area contributed by atoms with Crippen LogP contribution in [0.4, 0.5) is 0 Å². The monoisotopic (exact) mass is 403 g/mol. The fraction of sp³-hybridized carbons (Fsp3) is 0.111. The minimum absolute atomic E-state index is 0.266. The van der Waals surface area contributed by atoms with Crippen molar-refractivity contribution in [2.75, 3.05) is 0 Å². The molecule has 128 valence electrons. The summed E-state index contributed by atoms with van der Waals surface area (Å²) >= 11 is 3.41. The van der Waals surface area contributed by atoms with Crippen molar-refractivity contribution in [1.82, 2.24) is 5.48 Å². The molecule has 25 heavy (non-hydrogen) atoms. The topological polar surface area (TPSA) is 88.8 Å². The second-order valence-electron chi connectivity index (χ2n) is 5.41. The van der Waals surface area contributed by atoms with Crippen LogP contribution < -0.4 is 15.8 Å². The SMILES string of the molecule is Cc1c(OCc2cccc(Br)c2)ccc2cc(C(=O)NO)c(=O)oc12. The van der Waals surface area contributed by atoms with Crippen molar-refractivity contribution in [2.45, 2.75) is 13.5 Å². The highest BCUT2D eigenvalue weighted by Crippen LogP contribution is 2.27. The Labute approximate surface area is 151 Å². The van der Waals surface area contributed by atoms with Crippen molar-refractivity contribution in [3.63, 3.8) is 0 Å². The second-order valence-corrected chi connectivity index (χ2v) is 6.33. The maximum absolute atomic E-state index is 11.9. The van der Waals surface area contributed by atoms with E-state index < -0.39 is 11.5 Å². The zero-order valence-corrected chi connectivity index (χ0v) is 14.8. The maximum Gasteiger partial charge on any atom is 0.349 e. The summed E-state index contributed by atoms with van der Waals surface area (Å²) in [6, 6.07) is 12.6. The largest absolute Gasteiger partial charge is 0.488 e. The summed E-state index contributed by atoms with van der Waals surface area (Å²) in [5.74, 6) is -0.335. The van der Waals surface area contributed by atoms with E-state index in [0.29, 0.717) is 28.9 Å². The molecule has 7 heteroatoms. The lowest BCUT2D eigenvalue weighted by atomic mass is 10.1. The summed E-state index contributed by atoms with van der Waals surface area (Å²) in [6.07, 6.45) is 0. The van der Waals surface area contributed by atoms with Gasteiger partial charge >= 0.3 is 5.63 Å². The standard InChI is InChI=1S/C18H14BrNO5/c1-10-15(24-9-11-3-2-4-13(19)7-11)6-5-12-8-14(17(21)20-23)18(22)25-16(10)12/h2-8,23H,9H2,1H3,(H,20,21). The van der Waals surface area contributed by atoms with Crippen molar-refractivity contribution in [3.8, 4) is 5.75 Å². The zero-order valence-electron chi connectivity index (χ0n) is 13.2. The molecule has 0 radical (unpaired) electrons. The molecule has 1 aromatic heterocycles. The molecule has 0 bridgehead atoms. The van der Waals surface area contributed by atoms with E-state index in [1.54, 1.807) is 19.1 Å². The number of fused-ring (bicyclic) bond motifs is 1. The number of hydroxylamine groups is 1. The Morgan fingerprint density at radius 3 is 2.80 bits per heavy atom. The maximum atomic E-state index is 11.9. The molecule has 3 rings (SSSR count). The van der Waals surface area contributed by atoms with Gasteiger partial charge in [0.1, 0.15) is 23.5 Å².